The van der Waals surface area contributed by atoms with E-state index in [-0.39, 0.29) is 6.42 Å². The van der Waals surface area contributed by atoms with Gasteiger partial charge in [-0.05, 0) is 42.5 Å². The minimum Gasteiger partial charge on any atom is -0.368 e. The zero-order chi connectivity index (χ0) is 22.8. The molecule has 162 valence electrons. The number of aromatic amines is 1. The molecule has 33 heavy (non-hydrogen) atoms. The zero-order valence-electron chi connectivity index (χ0n) is 17.5. The lowest BCUT2D eigenvalue weighted by Gasteiger charge is -2.15. The number of nitrogens with zero attached hydrogens (tertiary/aromatic N) is 3. The number of amides is 2. The Balaban J connectivity index is 1.36. The summed E-state index contributed by atoms with van der Waals surface area (Å²) in [5, 5.41) is 3.74. The number of nitrogens with two attached hydrogens (primary N) is 1. The molecule has 0 aliphatic heterocycles. The number of imidazole rings is 1. The van der Waals surface area contributed by atoms with Gasteiger partial charge in [0.15, 0.2) is 0 Å². The summed E-state index contributed by atoms with van der Waals surface area (Å²) in [6, 6.07) is 19.4. The number of hydrogen-bond donors (Lipinski definition) is 3. The lowest BCUT2D eigenvalue weighted by Crippen LogP contribution is -2.46. The molecular weight excluding hydrogens is 416 g/mol. The molecule has 3 heterocycles. The van der Waals surface area contributed by atoms with Gasteiger partial charge in [-0.25, -0.2) is 4.98 Å². The number of pyridine rings is 2. The Kier molecular flexibility index (Phi) is 5.24. The van der Waals surface area contributed by atoms with Crippen LogP contribution in [0.25, 0.3) is 33.3 Å². The Bertz CT molecular complexity index is 1480. The fourth-order valence-electron chi connectivity index (χ4n) is 3.69. The van der Waals surface area contributed by atoms with E-state index >= 15 is 0 Å². The summed E-state index contributed by atoms with van der Waals surface area (Å²) >= 11 is 0. The summed E-state index contributed by atoms with van der Waals surface area (Å²) in [7, 11) is 0. The Morgan fingerprint density at radius 2 is 1.76 bits per heavy atom. The summed E-state index contributed by atoms with van der Waals surface area (Å²) in [6.45, 7) is 0. The quantitative estimate of drug-likeness (QED) is 0.377. The van der Waals surface area contributed by atoms with Crippen LogP contribution in [0, 0.1) is 0 Å². The van der Waals surface area contributed by atoms with Gasteiger partial charge < -0.3 is 16.0 Å². The molecule has 2 aromatic carbocycles. The van der Waals surface area contributed by atoms with E-state index < -0.39 is 17.9 Å². The number of carbonyl (C=O) groups is 2. The number of aromatic nitrogens is 4. The van der Waals surface area contributed by atoms with Crippen molar-refractivity contribution >= 4 is 33.8 Å². The lowest BCUT2D eigenvalue weighted by molar-refractivity contribution is -0.119. The SMILES string of the molecule is NC(=O)[C@H](Cc1ccc2ccccc2n1)NC(=O)c1ccc2nc(-c3ccncc3)[nH]c2c1. The molecule has 1 atom stereocenters. The third-order valence-electron chi connectivity index (χ3n) is 5.42. The standard InChI is InChI=1S/C25H20N6O2/c26-23(32)22(14-18-7-5-15-3-1-2-4-19(15)28-18)31-25(33)17-6-8-20-21(13-17)30-24(29-20)16-9-11-27-12-10-16/h1-13,22H,14H2,(H2,26,32)(H,29,30)(H,31,33)/t22-/m0/s1. The predicted octanol–water partition coefficient (Wildman–Crippen LogP) is 3.00. The van der Waals surface area contributed by atoms with E-state index in [1.165, 1.54) is 0 Å². The summed E-state index contributed by atoms with van der Waals surface area (Å²) in [6.07, 6.45) is 3.58. The minimum absolute atomic E-state index is 0.199. The second kappa shape index (κ2) is 8.51. The molecule has 2 amide bonds. The largest absolute Gasteiger partial charge is 0.368 e. The van der Waals surface area contributed by atoms with Gasteiger partial charge in [0.1, 0.15) is 11.9 Å². The van der Waals surface area contributed by atoms with Gasteiger partial charge in [0, 0.05) is 41.0 Å². The van der Waals surface area contributed by atoms with Gasteiger partial charge in [-0.15, -0.1) is 0 Å². The van der Waals surface area contributed by atoms with Crippen molar-refractivity contribution in [2.24, 2.45) is 5.73 Å². The maximum absolute atomic E-state index is 12.9. The maximum Gasteiger partial charge on any atom is 0.252 e. The molecule has 3 aromatic heterocycles. The van der Waals surface area contributed by atoms with Crippen molar-refractivity contribution in [3.8, 4) is 11.4 Å². The van der Waals surface area contributed by atoms with E-state index in [2.05, 4.69) is 25.3 Å². The first-order valence-electron chi connectivity index (χ1n) is 10.4. The summed E-state index contributed by atoms with van der Waals surface area (Å²) < 4.78 is 0. The number of H-pyrrole nitrogens is 1. The number of hydrogen-bond acceptors (Lipinski definition) is 5. The number of fused-ring (bicyclic) bond motifs is 2. The van der Waals surface area contributed by atoms with Gasteiger partial charge in [0.25, 0.3) is 5.91 Å². The highest BCUT2D eigenvalue weighted by Crippen LogP contribution is 2.21. The summed E-state index contributed by atoms with van der Waals surface area (Å²) in [4.78, 5) is 41.3. The van der Waals surface area contributed by atoms with E-state index in [0.717, 1.165) is 22.0 Å². The first-order chi connectivity index (χ1) is 16.1. The third kappa shape index (κ3) is 4.27. The van der Waals surface area contributed by atoms with Crippen LogP contribution in [0.5, 0.6) is 0 Å². The highest BCUT2D eigenvalue weighted by Gasteiger charge is 2.21. The van der Waals surface area contributed by atoms with Crippen LogP contribution in [0.4, 0.5) is 0 Å². The van der Waals surface area contributed by atoms with Crippen molar-refractivity contribution in [2.45, 2.75) is 12.5 Å². The van der Waals surface area contributed by atoms with Crippen molar-refractivity contribution in [2.75, 3.05) is 0 Å². The third-order valence-corrected chi connectivity index (χ3v) is 5.42. The molecule has 4 N–H and O–H groups in total. The number of rotatable bonds is 6. The monoisotopic (exact) mass is 436 g/mol. The molecule has 8 heteroatoms. The Hall–Kier alpha value is -4.59. The van der Waals surface area contributed by atoms with Crippen molar-refractivity contribution in [3.05, 3.63) is 90.4 Å². The van der Waals surface area contributed by atoms with Gasteiger partial charge >= 0.3 is 0 Å². The molecule has 0 aliphatic carbocycles. The van der Waals surface area contributed by atoms with Crippen molar-refractivity contribution < 1.29 is 9.59 Å². The molecule has 5 rings (SSSR count). The van der Waals surface area contributed by atoms with Crippen LogP contribution >= 0.6 is 0 Å². The molecule has 0 fully saturated rings. The van der Waals surface area contributed by atoms with Crippen LogP contribution in [-0.2, 0) is 11.2 Å². The number of para-hydroxylation sites is 1. The summed E-state index contributed by atoms with van der Waals surface area (Å²) in [5.74, 6) is -0.343. The fraction of sp³-hybridized carbons (Fsp3) is 0.0800. The summed E-state index contributed by atoms with van der Waals surface area (Å²) in [5.41, 5.74) is 9.79. The van der Waals surface area contributed by atoms with E-state index in [1.54, 1.807) is 30.6 Å². The number of benzene rings is 2. The number of primary amides is 1. The average molecular weight is 436 g/mol. The Morgan fingerprint density at radius 1 is 0.939 bits per heavy atom. The van der Waals surface area contributed by atoms with Crippen LogP contribution in [0.3, 0.4) is 0 Å². The topological polar surface area (TPSA) is 127 Å². The van der Waals surface area contributed by atoms with E-state index in [4.69, 9.17) is 5.73 Å². The molecule has 5 aromatic rings. The van der Waals surface area contributed by atoms with Crippen LogP contribution in [0.1, 0.15) is 16.1 Å². The zero-order valence-corrected chi connectivity index (χ0v) is 17.5. The minimum atomic E-state index is -0.893. The molecule has 0 radical (unpaired) electrons. The number of nitrogens with one attached hydrogen (secondary N) is 2. The second-order valence-electron chi connectivity index (χ2n) is 7.68. The molecule has 0 unspecified atom stereocenters. The van der Waals surface area contributed by atoms with E-state index in [1.807, 2.05) is 48.5 Å². The van der Waals surface area contributed by atoms with Gasteiger partial charge in [-0.1, -0.05) is 24.3 Å². The van der Waals surface area contributed by atoms with Gasteiger partial charge in [-0.3, -0.25) is 19.6 Å². The lowest BCUT2D eigenvalue weighted by atomic mass is 10.1. The predicted molar refractivity (Wildman–Crippen MR) is 125 cm³/mol. The first-order valence-corrected chi connectivity index (χ1v) is 10.4. The first kappa shape index (κ1) is 20.3. The van der Waals surface area contributed by atoms with Gasteiger partial charge in [0.2, 0.25) is 5.91 Å². The van der Waals surface area contributed by atoms with E-state index in [9.17, 15) is 9.59 Å². The van der Waals surface area contributed by atoms with Crippen LogP contribution in [0.15, 0.2) is 79.1 Å². The second-order valence-corrected chi connectivity index (χ2v) is 7.68. The molecule has 0 aliphatic rings. The molecule has 8 nitrogen and oxygen atoms in total. The number of carbonyl (C=O) groups excluding carboxylic acids is 2. The molecule has 0 spiro atoms. The van der Waals surface area contributed by atoms with Crippen molar-refractivity contribution in [3.63, 3.8) is 0 Å². The molecular formula is C25H20N6O2. The van der Waals surface area contributed by atoms with E-state index in [0.29, 0.717) is 22.6 Å². The van der Waals surface area contributed by atoms with Gasteiger partial charge in [-0.2, -0.15) is 0 Å². The Morgan fingerprint density at radius 3 is 2.58 bits per heavy atom. The fourth-order valence-corrected chi connectivity index (χ4v) is 3.69. The van der Waals surface area contributed by atoms with Gasteiger partial charge in [0.05, 0.1) is 16.6 Å². The van der Waals surface area contributed by atoms with Crippen LogP contribution in [0.2, 0.25) is 0 Å². The Labute approximate surface area is 188 Å². The smallest absolute Gasteiger partial charge is 0.252 e. The molecule has 0 saturated heterocycles. The van der Waals surface area contributed by atoms with Crippen molar-refractivity contribution in [1.82, 2.24) is 25.3 Å². The highest BCUT2D eigenvalue weighted by atomic mass is 16.2. The van der Waals surface area contributed by atoms with Crippen LogP contribution in [-0.4, -0.2) is 37.8 Å². The van der Waals surface area contributed by atoms with Crippen molar-refractivity contribution in [1.29, 1.82) is 0 Å². The average Bonchev–Trinajstić information content (AvgIpc) is 3.27. The molecule has 0 bridgehead atoms. The van der Waals surface area contributed by atoms with Crippen LogP contribution < -0.4 is 11.1 Å². The highest BCUT2D eigenvalue weighted by molar-refractivity contribution is 6.00. The maximum atomic E-state index is 12.9. The molecule has 0 saturated carbocycles. The normalized spacial score (nSPS) is 12.0.